The summed E-state index contributed by atoms with van der Waals surface area (Å²) in [7, 11) is -3.93. The molecule has 1 heterocycles. The largest absolute Gasteiger partial charge is 0.390 e. The van der Waals surface area contributed by atoms with Crippen LogP contribution in [0.25, 0.3) is 0 Å². The van der Waals surface area contributed by atoms with Crippen molar-refractivity contribution >= 4 is 33.0 Å². The minimum atomic E-state index is -3.93. The molecule has 1 aromatic rings. The number of Topliss-reactive ketones (excluding diaryl/α,β-unsaturated/α-hetero) is 1. The maximum absolute atomic E-state index is 17.4. The highest BCUT2D eigenvalue weighted by molar-refractivity contribution is 7.86. The summed E-state index contributed by atoms with van der Waals surface area (Å²) in [6, 6.07) is 1.86. The number of halogens is 2. The van der Waals surface area contributed by atoms with Gasteiger partial charge in [0.25, 0.3) is 10.1 Å². The number of allylic oxidation sites excluding steroid dienone is 4. The van der Waals surface area contributed by atoms with Crippen LogP contribution in [-0.4, -0.2) is 72.7 Å². The molecule has 0 saturated heterocycles. The molecule has 4 aliphatic carbocycles. The molecule has 0 aromatic carbocycles. The molecule has 40 heavy (non-hydrogen) atoms. The number of thiophene rings is 1. The first-order valence-electron chi connectivity index (χ1n) is 13.4. The number of rotatable bonds is 8. The van der Waals surface area contributed by atoms with Crippen molar-refractivity contribution in [3.63, 3.8) is 0 Å². The van der Waals surface area contributed by atoms with Crippen molar-refractivity contribution in [2.24, 2.45) is 34.5 Å². The molecular formula is C28H35F2NO7S2. The predicted molar refractivity (Wildman–Crippen MR) is 143 cm³/mol. The van der Waals surface area contributed by atoms with Gasteiger partial charge in [0, 0.05) is 30.3 Å². The second-order valence-electron chi connectivity index (χ2n) is 12.3. The summed E-state index contributed by atoms with van der Waals surface area (Å²) in [5.41, 5.74) is -3.99. The fourth-order valence-electron chi connectivity index (χ4n) is 8.38. The molecule has 0 bridgehead atoms. The highest BCUT2D eigenvalue weighted by atomic mass is 32.2. The lowest BCUT2D eigenvalue weighted by molar-refractivity contribution is -0.202. The Morgan fingerprint density at radius 2 is 2.00 bits per heavy atom. The summed E-state index contributed by atoms with van der Waals surface area (Å²) in [5.74, 6) is -3.91. The van der Waals surface area contributed by atoms with E-state index in [4.69, 9.17) is 4.18 Å². The Morgan fingerprint density at radius 3 is 2.65 bits per heavy atom. The zero-order valence-corrected chi connectivity index (χ0v) is 24.3. The van der Waals surface area contributed by atoms with Gasteiger partial charge < -0.3 is 10.3 Å². The zero-order valence-electron chi connectivity index (χ0n) is 22.6. The van der Waals surface area contributed by atoms with E-state index in [0.717, 1.165) is 23.0 Å². The van der Waals surface area contributed by atoms with Crippen LogP contribution < -0.4 is 0 Å². The average Bonchev–Trinajstić information content (AvgIpc) is 3.46. The molecule has 220 valence electrons. The Balaban J connectivity index is 1.52. The summed E-state index contributed by atoms with van der Waals surface area (Å²) in [6.45, 7) is 2.79. The topological polar surface area (TPSA) is 121 Å². The van der Waals surface area contributed by atoms with E-state index >= 15 is 8.78 Å². The van der Waals surface area contributed by atoms with Crippen LogP contribution in [0, 0.1) is 34.5 Å². The lowest BCUT2D eigenvalue weighted by atomic mass is 9.45. The van der Waals surface area contributed by atoms with Crippen molar-refractivity contribution in [3.05, 3.63) is 46.2 Å². The lowest BCUT2D eigenvalue weighted by Gasteiger charge is -2.62. The molecule has 8 nitrogen and oxygen atoms in total. The molecule has 3 fully saturated rings. The average molecular weight is 600 g/mol. The van der Waals surface area contributed by atoms with Crippen LogP contribution in [0.4, 0.5) is 8.78 Å². The highest BCUT2D eigenvalue weighted by Gasteiger charge is 2.73. The van der Waals surface area contributed by atoms with Crippen LogP contribution in [-0.2, 0) is 30.4 Å². The Kier molecular flexibility index (Phi) is 7.54. The smallest absolute Gasteiger partial charge is 0.264 e. The van der Waals surface area contributed by atoms with Gasteiger partial charge in [-0.15, -0.1) is 0 Å². The lowest BCUT2D eigenvalue weighted by Crippen LogP contribution is -2.68. The standard InChI is InChI=1S/C28H35F2NO7S2/c1-26-11-24(34)28(30)20(10-22(29)21-9-18(32)4-6-27(21,28)2)19(26)8-17(13-31(35)12-16-5-7-39-15-16)25(26)23(33)14-38-40(3,36)37/h4-7,9,15,17,19-20,22,24-25,34-35H,8,10-14H2,1-3H3/t17-,19?,20-,22-,24-,25+,26-,27-,28-/m0/s1. The zero-order chi connectivity index (χ0) is 29.3. The van der Waals surface area contributed by atoms with Gasteiger partial charge >= 0.3 is 0 Å². The van der Waals surface area contributed by atoms with E-state index in [1.165, 1.54) is 30.4 Å². The quantitative estimate of drug-likeness (QED) is 0.343. The fraction of sp³-hybridized carbons (Fsp3) is 0.643. The van der Waals surface area contributed by atoms with Crippen LogP contribution in [0.3, 0.4) is 0 Å². The summed E-state index contributed by atoms with van der Waals surface area (Å²) >= 11 is 1.47. The SMILES string of the molecule is C[C@]12C[C@H](O)[C@@]3(F)[C@@H](C[C@H](F)C4=CC(=O)C=C[C@@]43C)C1C[C@@H](CN(O)Cc1ccsc1)[C@@H]2C(=O)COS(C)(=O)=O. The molecule has 0 amide bonds. The molecule has 2 N–H and O–H groups in total. The van der Waals surface area contributed by atoms with Gasteiger partial charge in [-0.05, 0) is 83.6 Å². The molecule has 0 spiro atoms. The van der Waals surface area contributed by atoms with Crippen molar-refractivity contribution in [1.29, 1.82) is 0 Å². The summed E-state index contributed by atoms with van der Waals surface area (Å²) in [6.07, 6.45) is 1.21. The van der Waals surface area contributed by atoms with Gasteiger partial charge in [0.05, 0.1) is 12.4 Å². The number of aliphatic hydroxyl groups excluding tert-OH is 1. The first-order valence-corrected chi connectivity index (χ1v) is 16.1. The third kappa shape index (κ3) is 4.74. The van der Waals surface area contributed by atoms with Crippen molar-refractivity contribution in [3.8, 4) is 0 Å². The molecule has 0 radical (unpaired) electrons. The van der Waals surface area contributed by atoms with Gasteiger partial charge in [0.1, 0.15) is 12.8 Å². The monoisotopic (exact) mass is 599 g/mol. The maximum atomic E-state index is 17.4. The Labute approximate surface area is 236 Å². The molecular weight excluding hydrogens is 564 g/mol. The Hall–Kier alpha value is -1.83. The van der Waals surface area contributed by atoms with E-state index in [2.05, 4.69) is 0 Å². The molecule has 1 unspecified atom stereocenters. The first kappa shape index (κ1) is 29.7. The van der Waals surface area contributed by atoms with Gasteiger partial charge in [0.2, 0.25) is 0 Å². The van der Waals surface area contributed by atoms with Crippen molar-refractivity contribution in [1.82, 2.24) is 5.06 Å². The highest BCUT2D eigenvalue weighted by Crippen LogP contribution is 2.70. The van der Waals surface area contributed by atoms with Crippen LogP contribution in [0.15, 0.2) is 40.6 Å². The number of nitrogens with zero attached hydrogens (tertiary/aromatic N) is 1. The van der Waals surface area contributed by atoms with E-state index in [0.29, 0.717) is 0 Å². The molecule has 1 aromatic heterocycles. The summed E-state index contributed by atoms with van der Waals surface area (Å²) in [5, 5.41) is 27.2. The van der Waals surface area contributed by atoms with Gasteiger partial charge in [-0.25, -0.2) is 8.78 Å². The maximum Gasteiger partial charge on any atom is 0.264 e. The number of carbonyl (C=O) groups excluding carboxylic acids is 2. The van der Waals surface area contributed by atoms with E-state index in [9.17, 15) is 28.3 Å². The summed E-state index contributed by atoms with van der Waals surface area (Å²) in [4.78, 5) is 25.7. The first-order chi connectivity index (χ1) is 18.6. The number of hydroxylamine groups is 2. The second-order valence-corrected chi connectivity index (χ2v) is 14.8. The number of ketones is 2. The minimum Gasteiger partial charge on any atom is -0.390 e. The van der Waals surface area contributed by atoms with E-state index < -0.39 is 80.7 Å². The van der Waals surface area contributed by atoms with Gasteiger partial charge in [-0.2, -0.15) is 24.8 Å². The third-order valence-corrected chi connectivity index (χ3v) is 11.2. The Bertz CT molecular complexity index is 1350. The Morgan fingerprint density at radius 1 is 1.27 bits per heavy atom. The number of fused-ring (bicyclic) bond motifs is 5. The molecule has 4 aliphatic rings. The number of alkyl halides is 2. The predicted octanol–water partition coefficient (Wildman–Crippen LogP) is 3.65. The second kappa shape index (κ2) is 10.2. The van der Waals surface area contributed by atoms with E-state index in [1.807, 2.05) is 16.8 Å². The van der Waals surface area contributed by atoms with Gasteiger partial charge in [0.15, 0.2) is 17.2 Å². The molecule has 0 aliphatic heterocycles. The van der Waals surface area contributed by atoms with Crippen molar-refractivity contribution in [2.45, 2.75) is 57.6 Å². The van der Waals surface area contributed by atoms with Gasteiger partial charge in [-0.3, -0.25) is 13.8 Å². The van der Waals surface area contributed by atoms with Crippen LogP contribution in [0.2, 0.25) is 0 Å². The van der Waals surface area contributed by atoms with Crippen molar-refractivity contribution < 1.29 is 41.3 Å². The third-order valence-electron chi connectivity index (χ3n) is 9.95. The molecule has 9 atom stereocenters. The molecule has 5 rings (SSSR count). The summed E-state index contributed by atoms with van der Waals surface area (Å²) < 4.78 is 61.3. The van der Waals surface area contributed by atoms with Crippen LogP contribution in [0.5, 0.6) is 0 Å². The number of carbonyl (C=O) groups is 2. The van der Waals surface area contributed by atoms with E-state index in [1.54, 1.807) is 6.92 Å². The number of hydrogen-bond acceptors (Lipinski definition) is 9. The van der Waals surface area contributed by atoms with Crippen LogP contribution in [0.1, 0.15) is 38.7 Å². The molecule has 3 saturated carbocycles. The van der Waals surface area contributed by atoms with Crippen LogP contribution >= 0.6 is 11.3 Å². The van der Waals surface area contributed by atoms with E-state index in [-0.39, 0.29) is 37.9 Å². The fourth-order valence-corrected chi connectivity index (χ4v) is 9.37. The van der Waals surface area contributed by atoms with Crippen molar-refractivity contribution in [2.75, 3.05) is 19.4 Å². The molecule has 12 heteroatoms. The normalized spacial score (nSPS) is 40.9. The van der Waals surface area contributed by atoms with Gasteiger partial charge in [-0.1, -0.05) is 13.0 Å². The number of hydrogen-bond donors (Lipinski definition) is 2. The minimum absolute atomic E-state index is 0.0161. The number of aliphatic hydroxyl groups is 1.